The molecule has 2 rings (SSSR count). The topological polar surface area (TPSA) is 108 Å². The number of benzene rings is 2. The van der Waals surface area contributed by atoms with Gasteiger partial charge in [-0.05, 0) is 18.2 Å². The van der Waals surface area contributed by atoms with Crippen LogP contribution in [0.4, 0.5) is 11.4 Å². The molecule has 0 unspecified atom stereocenters. The molecule has 0 aliphatic carbocycles. The molecule has 2 aromatic carbocycles. The molecule has 0 amide bonds. The third kappa shape index (κ3) is 3.69. The Kier molecular flexibility index (Phi) is 5.15. The minimum atomic E-state index is -4.03. The van der Waals surface area contributed by atoms with Crippen LogP contribution in [-0.2, 0) is 10.0 Å². The number of rotatable bonds is 6. The van der Waals surface area contributed by atoms with Crippen LogP contribution < -0.4 is 14.2 Å². The quantitative estimate of drug-likeness (QED) is 0.616. The van der Waals surface area contributed by atoms with E-state index in [-0.39, 0.29) is 27.0 Å². The molecule has 128 valence electrons. The van der Waals surface area contributed by atoms with Crippen LogP contribution >= 0.6 is 11.6 Å². The molecular formula is C14H13ClN2O6S. The maximum absolute atomic E-state index is 12.5. The summed E-state index contributed by atoms with van der Waals surface area (Å²) in [6, 6.07) is 7.48. The first-order chi connectivity index (χ1) is 11.3. The summed E-state index contributed by atoms with van der Waals surface area (Å²) in [5, 5.41) is 10.8. The van der Waals surface area contributed by atoms with Crippen molar-refractivity contribution < 1.29 is 22.8 Å². The smallest absolute Gasteiger partial charge is 0.271 e. The molecule has 0 heterocycles. The van der Waals surface area contributed by atoms with Crippen molar-refractivity contribution in [2.45, 2.75) is 4.90 Å². The van der Waals surface area contributed by atoms with Gasteiger partial charge in [0.2, 0.25) is 0 Å². The van der Waals surface area contributed by atoms with Crippen LogP contribution in [0.5, 0.6) is 11.5 Å². The lowest BCUT2D eigenvalue weighted by Gasteiger charge is -2.12. The number of hydrogen-bond donors (Lipinski definition) is 1. The van der Waals surface area contributed by atoms with Gasteiger partial charge in [-0.1, -0.05) is 11.6 Å². The van der Waals surface area contributed by atoms with Crippen LogP contribution in [0.25, 0.3) is 0 Å². The Morgan fingerprint density at radius 2 is 1.75 bits per heavy atom. The third-order valence-corrected chi connectivity index (χ3v) is 4.76. The van der Waals surface area contributed by atoms with E-state index in [9.17, 15) is 18.5 Å². The second-order valence-corrected chi connectivity index (χ2v) is 6.63. The fraction of sp³-hybridized carbons (Fsp3) is 0.143. The summed E-state index contributed by atoms with van der Waals surface area (Å²) in [7, 11) is -1.23. The molecule has 0 aliphatic rings. The number of nitrogens with one attached hydrogen (secondary N) is 1. The molecule has 2 aromatic rings. The summed E-state index contributed by atoms with van der Waals surface area (Å²) in [5.74, 6) is 0.593. The number of anilines is 1. The number of methoxy groups -OCH3 is 2. The zero-order valence-corrected chi connectivity index (χ0v) is 14.2. The molecule has 0 atom stereocenters. The highest BCUT2D eigenvalue weighted by Gasteiger charge is 2.20. The predicted octanol–water partition coefficient (Wildman–Crippen LogP) is 3.07. The Balaban J connectivity index is 2.42. The van der Waals surface area contributed by atoms with E-state index in [0.29, 0.717) is 5.75 Å². The molecule has 0 aliphatic heterocycles. The first-order valence-corrected chi connectivity index (χ1v) is 8.33. The van der Waals surface area contributed by atoms with Crippen molar-refractivity contribution in [3.05, 3.63) is 51.5 Å². The maximum Gasteiger partial charge on any atom is 0.271 e. The van der Waals surface area contributed by atoms with E-state index in [1.54, 1.807) is 0 Å². The highest BCUT2D eigenvalue weighted by Crippen LogP contribution is 2.32. The lowest BCUT2D eigenvalue weighted by Crippen LogP contribution is -2.13. The SMILES string of the molecule is COc1ccc(S(=O)(=O)Nc2cc([N+](=O)[O-])ccc2Cl)cc1OC. The van der Waals surface area contributed by atoms with Gasteiger partial charge in [-0.25, -0.2) is 8.42 Å². The van der Waals surface area contributed by atoms with Crippen molar-refractivity contribution in [1.82, 2.24) is 0 Å². The van der Waals surface area contributed by atoms with Gasteiger partial charge in [0.15, 0.2) is 11.5 Å². The van der Waals surface area contributed by atoms with E-state index in [2.05, 4.69) is 4.72 Å². The van der Waals surface area contributed by atoms with Crippen LogP contribution in [0.1, 0.15) is 0 Å². The average molecular weight is 373 g/mol. The van der Waals surface area contributed by atoms with E-state index in [4.69, 9.17) is 21.1 Å². The zero-order chi connectivity index (χ0) is 17.9. The van der Waals surface area contributed by atoms with Gasteiger partial charge in [-0.2, -0.15) is 0 Å². The average Bonchev–Trinajstić information content (AvgIpc) is 2.55. The number of hydrogen-bond acceptors (Lipinski definition) is 6. The number of nitro groups is 1. The van der Waals surface area contributed by atoms with Crippen LogP contribution in [0.15, 0.2) is 41.3 Å². The first kappa shape index (κ1) is 17.8. The Morgan fingerprint density at radius 1 is 1.08 bits per heavy atom. The first-order valence-electron chi connectivity index (χ1n) is 6.47. The fourth-order valence-electron chi connectivity index (χ4n) is 1.89. The largest absolute Gasteiger partial charge is 0.493 e. The summed E-state index contributed by atoms with van der Waals surface area (Å²) in [5.41, 5.74) is -0.384. The van der Waals surface area contributed by atoms with E-state index >= 15 is 0 Å². The second kappa shape index (κ2) is 6.93. The van der Waals surface area contributed by atoms with Crippen molar-refractivity contribution in [2.24, 2.45) is 0 Å². The predicted molar refractivity (Wildman–Crippen MR) is 88.5 cm³/mol. The van der Waals surface area contributed by atoms with Gasteiger partial charge < -0.3 is 9.47 Å². The number of halogens is 1. The van der Waals surface area contributed by atoms with Gasteiger partial charge >= 0.3 is 0 Å². The monoisotopic (exact) mass is 372 g/mol. The normalized spacial score (nSPS) is 11.0. The summed E-state index contributed by atoms with van der Waals surface area (Å²) >= 11 is 5.91. The van der Waals surface area contributed by atoms with Crippen LogP contribution in [0.3, 0.4) is 0 Å². The molecule has 0 saturated carbocycles. The van der Waals surface area contributed by atoms with Crippen molar-refractivity contribution in [1.29, 1.82) is 0 Å². The molecule has 0 aromatic heterocycles. The minimum Gasteiger partial charge on any atom is -0.493 e. The fourth-order valence-corrected chi connectivity index (χ4v) is 3.20. The summed E-state index contributed by atoms with van der Waals surface area (Å²) in [6.07, 6.45) is 0. The van der Waals surface area contributed by atoms with E-state index in [0.717, 1.165) is 6.07 Å². The Labute approximate surface area is 143 Å². The lowest BCUT2D eigenvalue weighted by molar-refractivity contribution is -0.384. The molecule has 0 bridgehead atoms. The third-order valence-electron chi connectivity index (χ3n) is 3.07. The number of nitrogens with zero attached hydrogens (tertiary/aromatic N) is 1. The van der Waals surface area contributed by atoms with Gasteiger partial charge in [-0.3, -0.25) is 14.8 Å². The van der Waals surface area contributed by atoms with Crippen LogP contribution in [0, 0.1) is 10.1 Å². The maximum atomic E-state index is 12.5. The molecule has 0 spiro atoms. The van der Waals surface area contributed by atoms with Crippen molar-refractivity contribution in [3.8, 4) is 11.5 Å². The van der Waals surface area contributed by atoms with E-state index in [1.807, 2.05) is 0 Å². The molecular weight excluding hydrogens is 360 g/mol. The highest BCUT2D eigenvalue weighted by molar-refractivity contribution is 7.92. The molecule has 0 radical (unpaired) electrons. The van der Waals surface area contributed by atoms with Gasteiger partial charge in [0.25, 0.3) is 15.7 Å². The molecule has 1 N–H and O–H groups in total. The van der Waals surface area contributed by atoms with Gasteiger partial charge in [0.05, 0.1) is 34.7 Å². The van der Waals surface area contributed by atoms with Crippen LogP contribution in [-0.4, -0.2) is 27.6 Å². The molecule has 10 heteroatoms. The summed E-state index contributed by atoms with van der Waals surface area (Å²) < 4.78 is 37.3. The van der Waals surface area contributed by atoms with Gasteiger partial charge in [0, 0.05) is 18.2 Å². The van der Waals surface area contributed by atoms with E-state index < -0.39 is 14.9 Å². The second-order valence-electron chi connectivity index (χ2n) is 4.54. The highest BCUT2D eigenvalue weighted by atomic mass is 35.5. The van der Waals surface area contributed by atoms with Gasteiger partial charge in [-0.15, -0.1) is 0 Å². The molecule has 8 nitrogen and oxygen atoms in total. The summed E-state index contributed by atoms with van der Waals surface area (Å²) in [6.45, 7) is 0. The standard InChI is InChI=1S/C14H13ClN2O6S/c1-22-13-6-4-10(8-14(13)23-2)24(20,21)16-12-7-9(17(18)19)3-5-11(12)15/h3-8,16H,1-2H3. The van der Waals surface area contributed by atoms with Crippen molar-refractivity contribution in [2.75, 3.05) is 18.9 Å². The minimum absolute atomic E-state index is 0.0321. The Hall–Kier alpha value is -2.52. The van der Waals surface area contributed by atoms with E-state index in [1.165, 1.54) is 44.6 Å². The Morgan fingerprint density at radius 3 is 2.33 bits per heavy atom. The van der Waals surface area contributed by atoms with Gasteiger partial charge in [0.1, 0.15) is 0 Å². The zero-order valence-electron chi connectivity index (χ0n) is 12.6. The molecule has 0 saturated heterocycles. The number of nitro benzene ring substituents is 1. The number of sulfonamides is 1. The van der Waals surface area contributed by atoms with Crippen molar-refractivity contribution in [3.63, 3.8) is 0 Å². The molecule has 24 heavy (non-hydrogen) atoms. The summed E-state index contributed by atoms with van der Waals surface area (Å²) in [4.78, 5) is 10.1. The lowest BCUT2D eigenvalue weighted by atomic mass is 10.3. The van der Waals surface area contributed by atoms with Crippen LogP contribution in [0.2, 0.25) is 5.02 Å². The molecule has 0 fully saturated rings. The van der Waals surface area contributed by atoms with Crippen molar-refractivity contribution >= 4 is 33.0 Å². The number of ether oxygens (including phenoxy) is 2. The Bertz CT molecular complexity index is 885. The number of non-ortho nitro benzene ring substituents is 1.